The third kappa shape index (κ3) is 1.45. The van der Waals surface area contributed by atoms with E-state index in [2.05, 4.69) is 0 Å². The van der Waals surface area contributed by atoms with Crippen LogP contribution in [0.15, 0.2) is 18.2 Å². The molecule has 1 aliphatic rings. The molecule has 1 aromatic rings. The summed E-state index contributed by atoms with van der Waals surface area (Å²) in [6, 6.07) is 5.90. The topological polar surface area (TPSA) is 46.3 Å². The van der Waals surface area contributed by atoms with Crippen molar-refractivity contribution in [1.29, 1.82) is 0 Å². The molecule has 14 heavy (non-hydrogen) atoms. The van der Waals surface area contributed by atoms with Gasteiger partial charge in [-0.25, -0.2) is 0 Å². The quantitative estimate of drug-likeness (QED) is 0.624. The highest BCUT2D eigenvalue weighted by Gasteiger charge is 2.18. The minimum absolute atomic E-state index is 0.137. The Morgan fingerprint density at radius 1 is 1.50 bits per heavy atom. The van der Waals surface area contributed by atoms with E-state index in [0.717, 1.165) is 18.7 Å². The monoisotopic (exact) mass is 190 g/mol. The van der Waals surface area contributed by atoms with Crippen molar-refractivity contribution in [2.45, 2.75) is 19.9 Å². The van der Waals surface area contributed by atoms with Crippen molar-refractivity contribution in [3.05, 3.63) is 29.3 Å². The van der Waals surface area contributed by atoms with Gasteiger partial charge in [0, 0.05) is 25.7 Å². The number of carbonyl (C=O) groups excluding carboxylic acids is 1. The fourth-order valence-corrected chi connectivity index (χ4v) is 1.91. The highest BCUT2D eigenvalue weighted by atomic mass is 16.2. The molecule has 0 saturated carbocycles. The van der Waals surface area contributed by atoms with Crippen LogP contribution in [0.5, 0.6) is 0 Å². The summed E-state index contributed by atoms with van der Waals surface area (Å²) in [5.41, 5.74) is 9.11. The minimum Gasteiger partial charge on any atom is -0.398 e. The van der Waals surface area contributed by atoms with E-state index in [1.54, 1.807) is 6.92 Å². The maximum absolute atomic E-state index is 11.2. The first-order valence-corrected chi connectivity index (χ1v) is 4.80. The fraction of sp³-hybridized carbons (Fsp3) is 0.364. The van der Waals surface area contributed by atoms with Gasteiger partial charge in [0.1, 0.15) is 0 Å². The number of nitrogens with two attached hydrogens (primary N) is 1. The molecule has 1 amide bonds. The molecule has 1 aromatic carbocycles. The summed E-state index contributed by atoms with van der Waals surface area (Å²) in [7, 11) is 0. The van der Waals surface area contributed by atoms with E-state index < -0.39 is 0 Å². The Balaban J connectivity index is 2.31. The number of benzene rings is 1. The average molecular weight is 190 g/mol. The maximum atomic E-state index is 11.2. The average Bonchev–Trinajstić information content (AvgIpc) is 2.17. The van der Waals surface area contributed by atoms with Crippen LogP contribution in [0.2, 0.25) is 0 Å². The molecular formula is C11H14N2O. The molecule has 74 valence electrons. The van der Waals surface area contributed by atoms with Gasteiger partial charge >= 0.3 is 0 Å². The lowest BCUT2D eigenvalue weighted by molar-refractivity contribution is -0.129. The molecule has 0 unspecified atom stereocenters. The maximum Gasteiger partial charge on any atom is 0.219 e. The van der Waals surface area contributed by atoms with Gasteiger partial charge in [0.25, 0.3) is 0 Å². The normalized spacial score (nSPS) is 15.1. The summed E-state index contributed by atoms with van der Waals surface area (Å²) >= 11 is 0. The zero-order chi connectivity index (χ0) is 10.1. The summed E-state index contributed by atoms with van der Waals surface area (Å²) in [5, 5.41) is 0. The Bertz CT molecular complexity index is 374. The van der Waals surface area contributed by atoms with Gasteiger partial charge in [-0.1, -0.05) is 12.1 Å². The van der Waals surface area contributed by atoms with E-state index >= 15 is 0 Å². The summed E-state index contributed by atoms with van der Waals surface area (Å²) in [5.74, 6) is 0.137. The second-order valence-corrected chi connectivity index (χ2v) is 3.68. The van der Waals surface area contributed by atoms with Crippen LogP contribution >= 0.6 is 0 Å². The van der Waals surface area contributed by atoms with E-state index in [1.165, 1.54) is 11.1 Å². The Morgan fingerprint density at radius 2 is 2.29 bits per heavy atom. The SMILES string of the molecule is CC(=O)N1CCc2c(N)cccc2C1. The first kappa shape index (κ1) is 9.06. The Kier molecular flexibility index (Phi) is 2.15. The number of hydrogen-bond donors (Lipinski definition) is 1. The molecule has 2 rings (SSSR count). The van der Waals surface area contributed by atoms with Crippen LogP contribution in [-0.2, 0) is 17.8 Å². The van der Waals surface area contributed by atoms with Crippen LogP contribution in [0.4, 0.5) is 5.69 Å². The molecular weight excluding hydrogens is 176 g/mol. The van der Waals surface area contributed by atoms with E-state index in [4.69, 9.17) is 5.73 Å². The molecule has 1 aliphatic heterocycles. The molecule has 0 radical (unpaired) electrons. The number of anilines is 1. The van der Waals surface area contributed by atoms with Crippen molar-refractivity contribution in [2.24, 2.45) is 0 Å². The number of nitrogen functional groups attached to an aromatic ring is 1. The second-order valence-electron chi connectivity index (χ2n) is 3.68. The highest BCUT2D eigenvalue weighted by Crippen LogP contribution is 2.23. The van der Waals surface area contributed by atoms with Gasteiger partial charge < -0.3 is 10.6 Å². The van der Waals surface area contributed by atoms with Crippen molar-refractivity contribution >= 4 is 11.6 Å². The molecule has 0 atom stereocenters. The zero-order valence-corrected chi connectivity index (χ0v) is 8.29. The molecule has 3 heteroatoms. The molecule has 0 aliphatic carbocycles. The van der Waals surface area contributed by atoms with Crippen molar-refractivity contribution in [3.8, 4) is 0 Å². The van der Waals surface area contributed by atoms with Crippen LogP contribution in [0.1, 0.15) is 18.1 Å². The Labute approximate surface area is 83.5 Å². The Morgan fingerprint density at radius 3 is 3.00 bits per heavy atom. The zero-order valence-electron chi connectivity index (χ0n) is 8.29. The minimum atomic E-state index is 0.137. The van der Waals surface area contributed by atoms with Crippen molar-refractivity contribution in [3.63, 3.8) is 0 Å². The van der Waals surface area contributed by atoms with E-state index in [9.17, 15) is 4.79 Å². The molecule has 0 aromatic heterocycles. The van der Waals surface area contributed by atoms with E-state index in [1.807, 2.05) is 23.1 Å². The highest BCUT2D eigenvalue weighted by molar-refractivity contribution is 5.74. The van der Waals surface area contributed by atoms with Crippen LogP contribution in [-0.4, -0.2) is 17.4 Å². The third-order valence-electron chi connectivity index (χ3n) is 2.75. The number of nitrogens with zero attached hydrogens (tertiary/aromatic N) is 1. The van der Waals surface area contributed by atoms with Gasteiger partial charge in [-0.05, 0) is 23.6 Å². The van der Waals surface area contributed by atoms with Crippen molar-refractivity contribution in [2.75, 3.05) is 12.3 Å². The lowest BCUT2D eigenvalue weighted by Gasteiger charge is -2.28. The molecule has 0 fully saturated rings. The lowest BCUT2D eigenvalue weighted by atomic mass is 9.98. The second kappa shape index (κ2) is 3.33. The van der Waals surface area contributed by atoms with Gasteiger partial charge in [0.05, 0.1) is 0 Å². The largest absolute Gasteiger partial charge is 0.398 e. The van der Waals surface area contributed by atoms with E-state index in [-0.39, 0.29) is 5.91 Å². The number of fused-ring (bicyclic) bond motifs is 1. The van der Waals surface area contributed by atoms with Gasteiger partial charge in [0.15, 0.2) is 0 Å². The Hall–Kier alpha value is -1.51. The van der Waals surface area contributed by atoms with E-state index in [0.29, 0.717) is 6.54 Å². The van der Waals surface area contributed by atoms with Crippen LogP contribution in [0.3, 0.4) is 0 Å². The summed E-state index contributed by atoms with van der Waals surface area (Å²) in [4.78, 5) is 13.0. The first-order valence-electron chi connectivity index (χ1n) is 4.80. The first-order chi connectivity index (χ1) is 6.68. The summed E-state index contributed by atoms with van der Waals surface area (Å²) in [6.45, 7) is 3.10. The van der Waals surface area contributed by atoms with Gasteiger partial charge in [0.2, 0.25) is 5.91 Å². The summed E-state index contributed by atoms with van der Waals surface area (Å²) in [6.07, 6.45) is 0.877. The molecule has 0 saturated heterocycles. The predicted octanol–water partition coefficient (Wildman–Crippen LogP) is 1.17. The lowest BCUT2D eigenvalue weighted by Crippen LogP contribution is -2.34. The van der Waals surface area contributed by atoms with Crippen LogP contribution in [0, 0.1) is 0 Å². The predicted molar refractivity (Wildman–Crippen MR) is 55.6 cm³/mol. The molecule has 1 heterocycles. The molecule has 2 N–H and O–H groups in total. The fourth-order valence-electron chi connectivity index (χ4n) is 1.91. The molecule has 0 spiro atoms. The van der Waals surface area contributed by atoms with Crippen molar-refractivity contribution < 1.29 is 4.79 Å². The van der Waals surface area contributed by atoms with Crippen molar-refractivity contribution in [1.82, 2.24) is 4.90 Å². The number of hydrogen-bond acceptors (Lipinski definition) is 2. The standard InChI is InChI=1S/C11H14N2O/c1-8(14)13-6-5-10-9(7-13)3-2-4-11(10)12/h2-4H,5-7,12H2,1H3. The summed E-state index contributed by atoms with van der Waals surface area (Å²) < 4.78 is 0. The van der Waals surface area contributed by atoms with Gasteiger partial charge in [-0.2, -0.15) is 0 Å². The number of rotatable bonds is 0. The molecule has 0 bridgehead atoms. The smallest absolute Gasteiger partial charge is 0.219 e. The number of carbonyl (C=O) groups is 1. The van der Waals surface area contributed by atoms with Gasteiger partial charge in [-0.3, -0.25) is 4.79 Å². The van der Waals surface area contributed by atoms with Crippen LogP contribution < -0.4 is 5.73 Å². The molecule has 3 nitrogen and oxygen atoms in total. The third-order valence-corrected chi connectivity index (χ3v) is 2.75. The van der Waals surface area contributed by atoms with Crippen LogP contribution in [0.25, 0.3) is 0 Å². The number of amides is 1. The van der Waals surface area contributed by atoms with Gasteiger partial charge in [-0.15, -0.1) is 0 Å².